The number of carbonyl (C=O) groups is 1. The molecule has 0 spiro atoms. The van der Waals surface area contributed by atoms with Gasteiger partial charge in [0.25, 0.3) is 0 Å². The molecule has 1 aliphatic heterocycles. The zero-order valence-electron chi connectivity index (χ0n) is 13.4. The zero-order valence-corrected chi connectivity index (χ0v) is 13.4. The normalized spacial score (nSPS) is 20.7. The van der Waals surface area contributed by atoms with E-state index < -0.39 is 0 Å². The number of carbonyl (C=O) groups excluding carboxylic acids is 1. The molecule has 3 rings (SSSR count). The molecule has 120 valence electrons. The van der Waals surface area contributed by atoms with E-state index in [1.807, 2.05) is 36.4 Å². The van der Waals surface area contributed by atoms with Gasteiger partial charge in [0.05, 0.1) is 20.1 Å². The van der Waals surface area contributed by atoms with Crippen molar-refractivity contribution in [2.24, 2.45) is 0 Å². The molecule has 2 aromatic rings. The molecule has 0 radical (unpaired) electrons. The lowest BCUT2D eigenvalue weighted by molar-refractivity contribution is -0.124. The Kier molecular flexibility index (Phi) is 4.51. The first-order chi connectivity index (χ1) is 11.2. The van der Waals surface area contributed by atoms with Gasteiger partial charge >= 0.3 is 0 Å². The van der Waals surface area contributed by atoms with Crippen LogP contribution in [0.15, 0.2) is 48.5 Å². The van der Waals surface area contributed by atoms with Gasteiger partial charge in [-0.25, -0.2) is 0 Å². The lowest BCUT2D eigenvalue weighted by atomic mass is 9.77. The fourth-order valence-electron chi connectivity index (χ4n) is 3.30. The molecule has 1 N–H and O–H groups in total. The van der Waals surface area contributed by atoms with Crippen molar-refractivity contribution in [3.05, 3.63) is 59.7 Å². The minimum Gasteiger partial charge on any atom is -0.493 e. The van der Waals surface area contributed by atoms with E-state index in [9.17, 15) is 4.79 Å². The number of hydrogen-bond donors (Lipinski definition) is 1. The van der Waals surface area contributed by atoms with E-state index >= 15 is 0 Å². The lowest BCUT2D eigenvalue weighted by Crippen LogP contribution is -2.39. The minimum atomic E-state index is -0.217. The average molecular weight is 311 g/mol. The third kappa shape index (κ3) is 3.02. The highest BCUT2D eigenvalue weighted by Gasteiger charge is 2.34. The summed E-state index contributed by atoms with van der Waals surface area (Å²) >= 11 is 0. The summed E-state index contributed by atoms with van der Waals surface area (Å²) in [7, 11) is 3.22. The van der Waals surface area contributed by atoms with Crippen LogP contribution in [-0.4, -0.2) is 26.7 Å². The number of hydrogen-bond acceptors (Lipinski definition) is 3. The molecular formula is C19H21NO3. The van der Waals surface area contributed by atoms with Crippen LogP contribution in [0.3, 0.4) is 0 Å². The maximum Gasteiger partial charge on any atom is 0.228 e. The summed E-state index contributed by atoms with van der Waals surface area (Å²) in [4.78, 5) is 12.5. The van der Waals surface area contributed by atoms with Crippen LogP contribution in [0.4, 0.5) is 0 Å². The second-order valence-corrected chi connectivity index (χ2v) is 5.69. The number of piperidine rings is 1. The quantitative estimate of drug-likeness (QED) is 0.944. The highest BCUT2D eigenvalue weighted by atomic mass is 16.5. The van der Waals surface area contributed by atoms with Gasteiger partial charge < -0.3 is 14.8 Å². The van der Waals surface area contributed by atoms with E-state index in [1.54, 1.807) is 14.2 Å². The summed E-state index contributed by atoms with van der Waals surface area (Å²) in [5.74, 6) is 1.34. The maximum absolute atomic E-state index is 12.5. The second-order valence-electron chi connectivity index (χ2n) is 5.69. The molecule has 23 heavy (non-hydrogen) atoms. The zero-order chi connectivity index (χ0) is 16.2. The van der Waals surface area contributed by atoms with Gasteiger partial charge in [0.15, 0.2) is 11.5 Å². The number of ether oxygens (including phenoxy) is 2. The van der Waals surface area contributed by atoms with E-state index in [1.165, 1.54) is 5.56 Å². The summed E-state index contributed by atoms with van der Waals surface area (Å²) in [5, 5.41) is 2.99. The Hall–Kier alpha value is -2.49. The summed E-state index contributed by atoms with van der Waals surface area (Å²) < 4.78 is 10.7. The molecule has 1 amide bonds. The largest absolute Gasteiger partial charge is 0.493 e. The Bertz CT molecular complexity index is 684. The summed E-state index contributed by atoms with van der Waals surface area (Å²) in [6.45, 7) is 0.710. The van der Waals surface area contributed by atoms with Crippen LogP contribution in [0.5, 0.6) is 11.5 Å². The second kappa shape index (κ2) is 6.73. The smallest absolute Gasteiger partial charge is 0.228 e. The molecule has 2 atom stereocenters. The van der Waals surface area contributed by atoms with E-state index in [2.05, 4.69) is 17.4 Å². The fourth-order valence-corrected chi connectivity index (χ4v) is 3.30. The third-order valence-electron chi connectivity index (χ3n) is 4.43. The van der Waals surface area contributed by atoms with Gasteiger partial charge in [0.2, 0.25) is 5.91 Å². The highest BCUT2D eigenvalue weighted by molar-refractivity contribution is 5.86. The van der Waals surface area contributed by atoms with Gasteiger partial charge in [-0.15, -0.1) is 0 Å². The van der Waals surface area contributed by atoms with Gasteiger partial charge in [0.1, 0.15) is 0 Å². The van der Waals surface area contributed by atoms with Crippen molar-refractivity contribution in [1.82, 2.24) is 5.32 Å². The molecule has 0 saturated carbocycles. The van der Waals surface area contributed by atoms with Crippen LogP contribution in [0.1, 0.15) is 29.4 Å². The predicted octanol–water partition coefficient (Wildman–Crippen LogP) is 3.09. The summed E-state index contributed by atoms with van der Waals surface area (Å²) in [6, 6.07) is 15.9. The van der Waals surface area contributed by atoms with E-state index in [-0.39, 0.29) is 17.7 Å². The molecule has 1 aliphatic rings. The van der Waals surface area contributed by atoms with Crippen LogP contribution in [0.25, 0.3) is 0 Å². The van der Waals surface area contributed by atoms with Crippen LogP contribution in [-0.2, 0) is 4.79 Å². The van der Waals surface area contributed by atoms with Crippen molar-refractivity contribution in [3.63, 3.8) is 0 Å². The fraction of sp³-hybridized carbons (Fsp3) is 0.316. The first-order valence-corrected chi connectivity index (χ1v) is 7.79. The van der Waals surface area contributed by atoms with Crippen LogP contribution < -0.4 is 14.8 Å². The van der Waals surface area contributed by atoms with Crippen molar-refractivity contribution in [1.29, 1.82) is 0 Å². The molecule has 0 bridgehead atoms. The first-order valence-electron chi connectivity index (χ1n) is 7.79. The first kappa shape index (κ1) is 15.4. The molecule has 4 heteroatoms. The molecule has 4 nitrogen and oxygen atoms in total. The Morgan fingerprint density at radius 2 is 1.70 bits per heavy atom. The topological polar surface area (TPSA) is 47.6 Å². The molecule has 1 fully saturated rings. The van der Waals surface area contributed by atoms with Gasteiger partial charge in [-0.2, -0.15) is 0 Å². The molecular weight excluding hydrogens is 290 g/mol. The standard InChI is InChI=1S/C19H21NO3/c1-22-16-9-8-14(12-17(16)23-2)18-15(10-11-20-19(18)21)13-6-4-3-5-7-13/h3-9,12,15,18H,10-11H2,1-2H3,(H,20,21)/t15-,18+/m0/s1. The molecule has 1 heterocycles. The highest BCUT2D eigenvalue weighted by Crippen LogP contribution is 2.40. The van der Waals surface area contributed by atoms with Crippen molar-refractivity contribution in [2.75, 3.05) is 20.8 Å². The van der Waals surface area contributed by atoms with Crippen molar-refractivity contribution in [2.45, 2.75) is 18.3 Å². The summed E-state index contributed by atoms with van der Waals surface area (Å²) in [5.41, 5.74) is 2.15. The Balaban J connectivity index is 2.01. The number of rotatable bonds is 4. The van der Waals surface area contributed by atoms with E-state index in [0.717, 1.165) is 12.0 Å². The third-order valence-corrected chi connectivity index (χ3v) is 4.43. The number of benzene rings is 2. The molecule has 0 aromatic heterocycles. The lowest BCUT2D eigenvalue weighted by Gasteiger charge is -2.32. The number of amides is 1. The van der Waals surface area contributed by atoms with E-state index in [4.69, 9.17) is 9.47 Å². The van der Waals surface area contributed by atoms with Gasteiger partial charge in [-0.3, -0.25) is 4.79 Å². The molecule has 0 aliphatic carbocycles. The SMILES string of the molecule is COc1ccc([C@H]2C(=O)NCC[C@H]2c2ccccc2)cc1OC. The Morgan fingerprint density at radius 1 is 0.957 bits per heavy atom. The molecule has 1 saturated heterocycles. The van der Waals surface area contributed by atoms with Crippen LogP contribution in [0, 0.1) is 0 Å². The Morgan fingerprint density at radius 3 is 2.39 bits per heavy atom. The average Bonchev–Trinajstić information content (AvgIpc) is 2.61. The van der Waals surface area contributed by atoms with Crippen LogP contribution >= 0.6 is 0 Å². The maximum atomic E-state index is 12.5. The van der Waals surface area contributed by atoms with Gasteiger partial charge in [-0.1, -0.05) is 36.4 Å². The number of methoxy groups -OCH3 is 2. The Labute approximate surface area is 136 Å². The van der Waals surface area contributed by atoms with Gasteiger partial charge in [-0.05, 0) is 29.7 Å². The minimum absolute atomic E-state index is 0.0670. The summed E-state index contributed by atoms with van der Waals surface area (Å²) in [6.07, 6.45) is 0.925. The van der Waals surface area contributed by atoms with Crippen molar-refractivity contribution >= 4 is 5.91 Å². The molecule has 0 unspecified atom stereocenters. The van der Waals surface area contributed by atoms with E-state index in [0.29, 0.717) is 18.0 Å². The van der Waals surface area contributed by atoms with Gasteiger partial charge in [0, 0.05) is 12.5 Å². The molecule has 2 aromatic carbocycles. The monoisotopic (exact) mass is 311 g/mol. The van der Waals surface area contributed by atoms with Crippen molar-refractivity contribution < 1.29 is 14.3 Å². The van der Waals surface area contributed by atoms with Crippen molar-refractivity contribution in [3.8, 4) is 11.5 Å². The van der Waals surface area contributed by atoms with Crippen LogP contribution in [0.2, 0.25) is 0 Å². The number of nitrogens with one attached hydrogen (secondary N) is 1. The predicted molar refractivity (Wildman–Crippen MR) is 89.1 cm³/mol.